The van der Waals surface area contributed by atoms with E-state index in [-0.39, 0.29) is 11.8 Å². The van der Waals surface area contributed by atoms with Gasteiger partial charge < -0.3 is 20.3 Å². The molecule has 0 aromatic heterocycles. The topological polar surface area (TPSA) is 70.7 Å². The highest BCUT2D eigenvalue weighted by atomic mass is 16.5. The van der Waals surface area contributed by atoms with Gasteiger partial charge in [0.2, 0.25) is 11.8 Å². The van der Waals surface area contributed by atoms with Crippen LogP contribution in [0.15, 0.2) is 42.5 Å². The number of morpholine rings is 1. The number of nitrogens with one attached hydrogen (secondary N) is 2. The summed E-state index contributed by atoms with van der Waals surface area (Å²) in [6, 6.07) is 13.5. The minimum atomic E-state index is -0.989. The molecular weight excluding hydrogens is 366 g/mol. The lowest BCUT2D eigenvalue weighted by molar-refractivity contribution is -0.131. The molecule has 2 fully saturated rings. The molecule has 1 aliphatic carbocycles. The van der Waals surface area contributed by atoms with E-state index in [1.54, 1.807) is 0 Å². The Morgan fingerprint density at radius 2 is 1.62 bits per heavy atom. The van der Waals surface area contributed by atoms with Crippen molar-refractivity contribution < 1.29 is 14.3 Å². The normalized spacial score (nSPS) is 17.5. The molecule has 6 nitrogen and oxygen atoms in total. The number of nitrogens with zero attached hydrogens (tertiary/aromatic N) is 1. The van der Waals surface area contributed by atoms with Crippen molar-refractivity contribution in [1.82, 2.24) is 0 Å². The molecule has 0 bridgehead atoms. The molecule has 0 radical (unpaired) electrons. The minimum Gasteiger partial charge on any atom is -0.378 e. The maximum Gasteiger partial charge on any atom is 0.240 e. The molecule has 29 heavy (non-hydrogen) atoms. The largest absolute Gasteiger partial charge is 0.378 e. The maximum absolute atomic E-state index is 13.1. The molecule has 1 saturated carbocycles. The molecule has 2 aromatic rings. The number of amides is 2. The van der Waals surface area contributed by atoms with Gasteiger partial charge in [0.05, 0.1) is 24.6 Å². The molecule has 2 N–H and O–H groups in total. The van der Waals surface area contributed by atoms with E-state index in [1.165, 1.54) is 5.56 Å². The zero-order chi connectivity index (χ0) is 20.4. The van der Waals surface area contributed by atoms with E-state index in [2.05, 4.69) is 15.5 Å². The summed E-state index contributed by atoms with van der Waals surface area (Å²) in [5.41, 5.74) is 3.72. The van der Waals surface area contributed by atoms with Gasteiger partial charge in [-0.2, -0.15) is 0 Å². The predicted molar refractivity (Wildman–Crippen MR) is 114 cm³/mol. The number of benzene rings is 2. The van der Waals surface area contributed by atoms with Crippen molar-refractivity contribution in [2.45, 2.75) is 26.7 Å². The predicted octanol–water partition coefficient (Wildman–Crippen LogP) is 3.50. The Balaban J connectivity index is 1.48. The zero-order valence-electron chi connectivity index (χ0n) is 17.0. The van der Waals surface area contributed by atoms with Gasteiger partial charge in [0.25, 0.3) is 0 Å². The summed E-state index contributed by atoms with van der Waals surface area (Å²) < 4.78 is 5.43. The lowest BCUT2D eigenvalue weighted by atomic mass is 10.0. The molecule has 1 heterocycles. The third kappa shape index (κ3) is 3.98. The Kier molecular flexibility index (Phi) is 5.28. The van der Waals surface area contributed by atoms with E-state index in [4.69, 9.17) is 4.74 Å². The maximum atomic E-state index is 13.1. The van der Waals surface area contributed by atoms with Gasteiger partial charge in [-0.15, -0.1) is 0 Å². The molecule has 1 aliphatic heterocycles. The first-order chi connectivity index (χ1) is 14.0. The summed E-state index contributed by atoms with van der Waals surface area (Å²) in [5, 5.41) is 5.95. The van der Waals surface area contributed by atoms with Crippen LogP contribution in [-0.4, -0.2) is 38.1 Å². The quantitative estimate of drug-likeness (QED) is 0.763. The average Bonchev–Trinajstić information content (AvgIpc) is 3.54. The molecule has 2 amide bonds. The summed E-state index contributed by atoms with van der Waals surface area (Å²) >= 11 is 0. The second-order valence-corrected chi connectivity index (χ2v) is 7.91. The standard InChI is InChI=1S/C23H27N3O3/c1-16-7-8-18(15-17(16)2)24-21(27)23(9-10-23)22(28)25-19-5-3-4-6-20(19)26-11-13-29-14-12-26/h3-8,15H,9-14H2,1-2H3,(H,24,27)(H,25,28). The summed E-state index contributed by atoms with van der Waals surface area (Å²) in [5.74, 6) is -0.471. The molecule has 0 atom stereocenters. The monoisotopic (exact) mass is 393 g/mol. The fourth-order valence-electron chi connectivity index (χ4n) is 3.65. The van der Waals surface area contributed by atoms with Crippen molar-refractivity contribution in [2.24, 2.45) is 5.41 Å². The number of aryl methyl sites for hydroxylation is 2. The van der Waals surface area contributed by atoms with Crippen molar-refractivity contribution >= 4 is 28.9 Å². The van der Waals surface area contributed by atoms with Crippen molar-refractivity contribution in [2.75, 3.05) is 41.8 Å². The molecule has 2 aromatic carbocycles. The molecule has 2 aliphatic rings. The molecule has 4 rings (SSSR count). The summed E-state index contributed by atoms with van der Waals surface area (Å²) in [6.07, 6.45) is 1.13. The Labute approximate surface area is 171 Å². The molecule has 1 saturated heterocycles. The number of hydrogen-bond donors (Lipinski definition) is 2. The number of carbonyl (C=O) groups is 2. The highest BCUT2D eigenvalue weighted by Crippen LogP contribution is 2.48. The van der Waals surface area contributed by atoms with E-state index in [1.807, 2.05) is 56.3 Å². The van der Waals surface area contributed by atoms with Gasteiger partial charge in [-0.05, 0) is 62.1 Å². The summed E-state index contributed by atoms with van der Waals surface area (Å²) in [7, 11) is 0. The smallest absolute Gasteiger partial charge is 0.240 e. The number of hydrogen-bond acceptors (Lipinski definition) is 4. The van der Waals surface area contributed by atoms with Crippen molar-refractivity contribution in [1.29, 1.82) is 0 Å². The van der Waals surface area contributed by atoms with Crippen LogP contribution in [0.25, 0.3) is 0 Å². The number of para-hydroxylation sites is 2. The van der Waals surface area contributed by atoms with Gasteiger partial charge in [0, 0.05) is 18.8 Å². The van der Waals surface area contributed by atoms with E-state index in [9.17, 15) is 9.59 Å². The first kappa shape index (κ1) is 19.5. The van der Waals surface area contributed by atoms with Crippen LogP contribution in [0.1, 0.15) is 24.0 Å². The second-order valence-electron chi connectivity index (χ2n) is 7.91. The SMILES string of the molecule is Cc1ccc(NC(=O)C2(C(=O)Nc3ccccc3N3CCOCC3)CC2)cc1C. The van der Waals surface area contributed by atoms with Crippen LogP contribution in [0.2, 0.25) is 0 Å². The fraction of sp³-hybridized carbons (Fsp3) is 0.391. The van der Waals surface area contributed by atoms with Gasteiger partial charge in [0.15, 0.2) is 0 Å². The third-order valence-corrected chi connectivity index (χ3v) is 5.89. The van der Waals surface area contributed by atoms with Gasteiger partial charge in [-0.3, -0.25) is 9.59 Å². The molecule has 152 valence electrons. The first-order valence-corrected chi connectivity index (χ1v) is 10.1. The van der Waals surface area contributed by atoms with Crippen molar-refractivity contribution in [3.63, 3.8) is 0 Å². The van der Waals surface area contributed by atoms with Gasteiger partial charge in [-0.1, -0.05) is 18.2 Å². The van der Waals surface area contributed by atoms with E-state index >= 15 is 0 Å². The van der Waals surface area contributed by atoms with Gasteiger partial charge in [-0.25, -0.2) is 0 Å². The van der Waals surface area contributed by atoms with Crippen LogP contribution in [-0.2, 0) is 14.3 Å². The van der Waals surface area contributed by atoms with Crippen LogP contribution in [0.4, 0.5) is 17.1 Å². The van der Waals surface area contributed by atoms with E-state index in [0.29, 0.717) is 26.1 Å². The second kappa shape index (κ2) is 7.87. The van der Waals surface area contributed by atoms with E-state index in [0.717, 1.165) is 35.7 Å². The van der Waals surface area contributed by atoms with Crippen LogP contribution in [0, 0.1) is 19.3 Å². The molecule has 0 spiro atoms. The van der Waals surface area contributed by atoms with Crippen molar-refractivity contribution in [3.8, 4) is 0 Å². The zero-order valence-corrected chi connectivity index (χ0v) is 17.0. The Morgan fingerprint density at radius 3 is 2.31 bits per heavy atom. The number of rotatable bonds is 5. The highest BCUT2D eigenvalue weighted by molar-refractivity contribution is 6.17. The lowest BCUT2D eigenvalue weighted by Crippen LogP contribution is -2.38. The summed E-state index contributed by atoms with van der Waals surface area (Å²) in [4.78, 5) is 28.2. The van der Waals surface area contributed by atoms with Crippen molar-refractivity contribution in [3.05, 3.63) is 53.6 Å². The van der Waals surface area contributed by atoms with Gasteiger partial charge >= 0.3 is 0 Å². The number of anilines is 3. The number of carbonyl (C=O) groups excluding carboxylic acids is 2. The average molecular weight is 393 g/mol. The third-order valence-electron chi connectivity index (χ3n) is 5.89. The van der Waals surface area contributed by atoms with Gasteiger partial charge in [0.1, 0.15) is 5.41 Å². The Morgan fingerprint density at radius 1 is 0.931 bits per heavy atom. The fourth-order valence-corrected chi connectivity index (χ4v) is 3.65. The Hall–Kier alpha value is -2.86. The Bertz CT molecular complexity index is 931. The molecule has 0 unspecified atom stereocenters. The van der Waals surface area contributed by atoms with E-state index < -0.39 is 5.41 Å². The van der Waals surface area contributed by atoms with Crippen LogP contribution in [0.5, 0.6) is 0 Å². The molecule has 6 heteroatoms. The van der Waals surface area contributed by atoms with Crippen LogP contribution < -0.4 is 15.5 Å². The van der Waals surface area contributed by atoms with Crippen LogP contribution in [0.3, 0.4) is 0 Å². The molecular formula is C23H27N3O3. The minimum absolute atomic E-state index is 0.234. The first-order valence-electron chi connectivity index (χ1n) is 10.1. The van der Waals surface area contributed by atoms with Crippen LogP contribution >= 0.6 is 0 Å². The lowest BCUT2D eigenvalue weighted by Gasteiger charge is -2.30. The summed E-state index contributed by atoms with van der Waals surface area (Å²) in [6.45, 7) is 6.95. The number of ether oxygens (including phenoxy) is 1. The highest BCUT2D eigenvalue weighted by Gasteiger charge is 2.56.